The van der Waals surface area contributed by atoms with Crippen LogP contribution < -0.4 is 4.74 Å². The first-order chi connectivity index (χ1) is 11.0. The molecule has 0 amide bonds. The van der Waals surface area contributed by atoms with Gasteiger partial charge in [-0.1, -0.05) is 30.0 Å². The van der Waals surface area contributed by atoms with Gasteiger partial charge in [-0.15, -0.1) is 0 Å². The van der Waals surface area contributed by atoms with E-state index in [1.54, 1.807) is 21.0 Å². The summed E-state index contributed by atoms with van der Waals surface area (Å²) in [7, 11) is 1.63. The minimum atomic E-state index is -0.841. The van der Waals surface area contributed by atoms with Gasteiger partial charge in [0.05, 0.1) is 7.11 Å². The quantitative estimate of drug-likeness (QED) is 0.827. The van der Waals surface area contributed by atoms with Crippen LogP contribution in [0.3, 0.4) is 0 Å². The van der Waals surface area contributed by atoms with Gasteiger partial charge in [0.1, 0.15) is 16.4 Å². The average molecular weight is 326 g/mol. The fourth-order valence-corrected chi connectivity index (χ4v) is 3.48. The second-order valence-electron chi connectivity index (χ2n) is 5.74. The Bertz CT molecular complexity index is 746. The first kappa shape index (κ1) is 15.7. The number of carbonyl (C=O) groups is 1. The Kier molecular flexibility index (Phi) is 4.18. The summed E-state index contributed by atoms with van der Waals surface area (Å²) in [5.74, 6) is 1.42. The van der Waals surface area contributed by atoms with Crippen LogP contribution >= 0.6 is 11.8 Å². The fourth-order valence-electron chi connectivity index (χ4n) is 2.36. The van der Waals surface area contributed by atoms with E-state index in [0.29, 0.717) is 10.7 Å². The topological polar surface area (TPSA) is 35.5 Å². The summed E-state index contributed by atoms with van der Waals surface area (Å²) in [6, 6.07) is 17.4. The van der Waals surface area contributed by atoms with Gasteiger partial charge in [-0.25, -0.2) is 0 Å². The number of ether oxygens (including phenoxy) is 2. The predicted molar refractivity (Wildman–Crippen MR) is 92.4 cm³/mol. The molecule has 0 fully saturated rings. The lowest BCUT2D eigenvalue weighted by Gasteiger charge is -2.17. The number of hydrogen-bond acceptors (Lipinski definition) is 4. The zero-order valence-electron chi connectivity index (χ0n) is 13.3. The number of benzene rings is 2. The number of rotatable bonds is 4. The Hall–Kier alpha value is -2.20. The maximum absolute atomic E-state index is 12.7. The number of methoxy groups -OCH3 is 1. The zero-order valence-corrected chi connectivity index (χ0v) is 14.1. The van der Waals surface area contributed by atoms with E-state index < -0.39 is 5.60 Å². The zero-order chi connectivity index (χ0) is 16.4. The van der Waals surface area contributed by atoms with Crippen LogP contribution in [0.15, 0.2) is 64.4 Å². The van der Waals surface area contributed by atoms with Crippen LogP contribution in [-0.2, 0) is 9.53 Å². The highest BCUT2D eigenvalue weighted by Crippen LogP contribution is 2.44. The third kappa shape index (κ3) is 3.13. The molecule has 0 atom stereocenters. The summed E-state index contributed by atoms with van der Waals surface area (Å²) in [5.41, 5.74) is 0.0370. The third-order valence-electron chi connectivity index (χ3n) is 3.63. The minimum absolute atomic E-state index is 0.0113. The Balaban J connectivity index is 2.01. The Labute approximate surface area is 140 Å². The van der Waals surface area contributed by atoms with Crippen molar-refractivity contribution >= 4 is 23.3 Å². The predicted octanol–water partition coefficient (Wildman–Crippen LogP) is 4.53. The Morgan fingerprint density at radius 3 is 2.26 bits per heavy atom. The van der Waals surface area contributed by atoms with E-state index in [-0.39, 0.29) is 5.78 Å². The highest BCUT2D eigenvalue weighted by Gasteiger charge is 2.42. The molecule has 0 aromatic heterocycles. The number of hydrogen-bond donors (Lipinski definition) is 0. The maximum Gasteiger partial charge on any atom is 0.216 e. The highest BCUT2D eigenvalue weighted by molar-refractivity contribution is 8.04. The van der Waals surface area contributed by atoms with E-state index in [1.807, 2.05) is 54.6 Å². The molecule has 1 aliphatic rings. The molecule has 23 heavy (non-hydrogen) atoms. The van der Waals surface area contributed by atoms with Crippen molar-refractivity contribution in [3.8, 4) is 5.75 Å². The summed E-state index contributed by atoms with van der Waals surface area (Å²) < 4.78 is 11.2. The van der Waals surface area contributed by atoms with Crippen LogP contribution in [-0.4, -0.2) is 18.5 Å². The molecule has 118 valence electrons. The number of ketones is 1. The van der Waals surface area contributed by atoms with Crippen LogP contribution in [0, 0.1) is 0 Å². The number of carbonyl (C=O) groups excluding carboxylic acids is 1. The maximum atomic E-state index is 12.7. The summed E-state index contributed by atoms with van der Waals surface area (Å²) in [6.07, 6.45) is 0. The van der Waals surface area contributed by atoms with Crippen LogP contribution in [0.4, 0.5) is 0 Å². The monoisotopic (exact) mass is 326 g/mol. The molecule has 0 saturated heterocycles. The second-order valence-corrected chi connectivity index (χ2v) is 6.83. The first-order valence-corrected chi connectivity index (χ1v) is 8.18. The second kappa shape index (κ2) is 6.13. The molecule has 2 aromatic rings. The smallest absolute Gasteiger partial charge is 0.216 e. The van der Waals surface area contributed by atoms with Crippen molar-refractivity contribution in [2.75, 3.05) is 7.11 Å². The van der Waals surface area contributed by atoms with Gasteiger partial charge < -0.3 is 9.47 Å². The third-order valence-corrected chi connectivity index (χ3v) is 4.71. The fraction of sp³-hybridized carbons (Fsp3) is 0.211. The van der Waals surface area contributed by atoms with Gasteiger partial charge in [0.2, 0.25) is 5.78 Å². The Morgan fingerprint density at radius 1 is 1.00 bits per heavy atom. The molecular weight excluding hydrogens is 308 g/mol. The molecule has 0 N–H and O–H groups in total. The molecule has 0 unspecified atom stereocenters. The molecule has 1 heterocycles. The van der Waals surface area contributed by atoms with Gasteiger partial charge >= 0.3 is 0 Å². The average Bonchev–Trinajstić information content (AvgIpc) is 2.80. The van der Waals surface area contributed by atoms with Crippen molar-refractivity contribution in [2.45, 2.75) is 24.3 Å². The molecule has 4 heteroatoms. The summed E-state index contributed by atoms with van der Waals surface area (Å²) in [6.45, 7) is 3.61. The van der Waals surface area contributed by atoms with Crippen molar-refractivity contribution in [3.05, 3.63) is 65.1 Å². The molecule has 0 spiro atoms. The molecule has 0 saturated carbocycles. The van der Waals surface area contributed by atoms with Gasteiger partial charge in [-0.2, -0.15) is 0 Å². The van der Waals surface area contributed by atoms with E-state index >= 15 is 0 Å². The number of Topliss-reactive ketones (excluding diaryl/α,β-unsaturated/α-hetero) is 1. The van der Waals surface area contributed by atoms with Gasteiger partial charge in [-0.3, -0.25) is 4.79 Å². The minimum Gasteiger partial charge on any atom is -0.497 e. The summed E-state index contributed by atoms with van der Waals surface area (Å²) >= 11 is 1.45. The van der Waals surface area contributed by atoms with E-state index in [0.717, 1.165) is 16.2 Å². The standard InChI is InChI=1S/C19H18O3S/c1-19(2)18(20)17(23-15-7-5-4-6-8-15)16(22-19)13-9-11-14(21-3)12-10-13/h4-12H,1-3H3. The molecule has 2 aromatic carbocycles. The van der Waals surface area contributed by atoms with E-state index in [9.17, 15) is 4.79 Å². The van der Waals surface area contributed by atoms with E-state index in [2.05, 4.69) is 0 Å². The first-order valence-electron chi connectivity index (χ1n) is 7.37. The SMILES string of the molecule is COc1ccc(C2=C(Sc3ccccc3)C(=O)C(C)(C)O2)cc1. The number of thioether (sulfide) groups is 1. The van der Waals surface area contributed by atoms with Crippen molar-refractivity contribution in [1.29, 1.82) is 0 Å². The molecule has 0 aliphatic carbocycles. The van der Waals surface area contributed by atoms with Crippen molar-refractivity contribution in [2.24, 2.45) is 0 Å². The molecule has 0 bridgehead atoms. The van der Waals surface area contributed by atoms with Crippen molar-refractivity contribution in [1.82, 2.24) is 0 Å². The van der Waals surface area contributed by atoms with Crippen LogP contribution in [0.1, 0.15) is 19.4 Å². The summed E-state index contributed by atoms with van der Waals surface area (Å²) in [4.78, 5) is 14.4. The van der Waals surface area contributed by atoms with Crippen molar-refractivity contribution in [3.63, 3.8) is 0 Å². The van der Waals surface area contributed by atoms with Crippen molar-refractivity contribution < 1.29 is 14.3 Å². The van der Waals surface area contributed by atoms with Crippen LogP contribution in [0.5, 0.6) is 5.75 Å². The molecule has 3 rings (SSSR count). The lowest BCUT2D eigenvalue weighted by Crippen LogP contribution is -2.29. The molecule has 1 aliphatic heterocycles. The van der Waals surface area contributed by atoms with E-state index in [1.165, 1.54) is 11.8 Å². The largest absolute Gasteiger partial charge is 0.497 e. The molecule has 0 radical (unpaired) electrons. The van der Waals surface area contributed by atoms with Crippen LogP contribution in [0.2, 0.25) is 0 Å². The van der Waals surface area contributed by atoms with Crippen LogP contribution in [0.25, 0.3) is 5.76 Å². The van der Waals surface area contributed by atoms with Gasteiger partial charge in [0, 0.05) is 10.5 Å². The van der Waals surface area contributed by atoms with Gasteiger partial charge in [0.25, 0.3) is 0 Å². The van der Waals surface area contributed by atoms with Gasteiger partial charge in [-0.05, 0) is 50.2 Å². The lowest BCUT2D eigenvalue weighted by atomic mass is 10.1. The molecule has 3 nitrogen and oxygen atoms in total. The lowest BCUT2D eigenvalue weighted by molar-refractivity contribution is -0.126. The van der Waals surface area contributed by atoms with Gasteiger partial charge in [0.15, 0.2) is 5.60 Å². The summed E-state index contributed by atoms with van der Waals surface area (Å²) in [5, 5.41) is 0. The highest BCUT2D eigenvalue weighted by atomic mass is 32.2. The van der Waals surface area contributed by atoms with E-state index in [4.69, 9.17) is 9.47 Å². The molecular formula is C19H18O3S. The normalized spacial score (nSPS) is 16.4. The Morgan fingerprint density at radius 2 is 1.65 bits per heavy atom.